The van der Waals surface area contributed by atoms with Gasteiger partial charge in [0.1, 0.15) is 11.6 Å². The molecule has 0 aliphatic carbocycles. The van der Waals surface area contributed by atoms with Crippen LogP contribution in [0, 0.1) is 11.3 Å². The molecule has 1 heterocycles. The Bertz CT molecular complexity index is 1130. The molecule has 0 radical (unpaired) electrons. The second-order valence-electron chi connectivity index (χ2n) is 5.98. The fraction of sp³-hybridized carbons (Fsp3) is 0.136. The first-order valence-electron chi connectivity index (χ1n) is 9.00. The summed E-state index contributed by atoms with van der Waals surface area (Å²) < 4.78 is 10.8. The number of anilines is 1. The number of halogens is 1. The number of hydrogen-bond donors (Lipinski definition) is 1. The van der Waals surface area contributed by atoms with Crippen molar-refractivity contribution in [3.63, 3.8) is 0 Å². The minimum Gasteiger partial charge on any atom is -0.493 e. The number of carbonyl (C=O) groups is 1. The smallest absolute Gasteiger partial charge is 0.268 e. The lowest BCUT2D eigenvalue weighted by atomic mass is 10.1. The number of hydrogen-bond acceptors (Lipinski definition) is 6. The molecule has 6 nitrogen and oxygen atoms in total. The highest BCUT2D eigenvalue weighted by molar-refractivity contribution is 7.14. The zero-order valence-corrected chi connectivity index (χ0v) is 17.9. The van der Waals surface area contributed by atoms with Crippen molar-refractivity contribution in [2.24, 2.45) is 0 Å². The van der Waals surface area contributed by atoms with E-state index in [0.717, 1.165) is 5.56 Å². The summed E-state index contributed by atoms with van der Waals surface area (Å²) >= 11 is 7.45. The van der Waals surface area contributed by atoms with Crippen LogP contribution in [0.1, 0.15) is 12.5 Å². The molecule has 0 unspecified atom stereocenters. The molecule has 152 valence electrons. The van der Waals surface area contributed by atoms with E-state index in [9.17, 15) is 10.1 Å². The lowest BCUT2D eigenvalue weighted by molar-refractivity contribution is -0.112. The van der Waals surface area contributed by atoms with Crippen LogP contribution in [0.4, 0.5) is 5.13 Å². The van der Waals surface area contributed by atoms with E-state index in [1.165, 1.54) is 24.5 Å². The molecule has 0 saturated heterocycles. The Labute approximate surface area is 183 Å². The number of aromatic nitrogens is 1. The van der Waals surface area contributed by atoms with Gasteiger partial charge in [-0.3, -0.25) is 10.1 Å². The van der Waals surface area contributed by atoms with Crippen LogP contribution in [0.15, 0.2) is 53.4 Å². The number of thiazole rings is 1. The molecule has 3 aromatic rings. The monoisotopic (exact) mass is 439 g/mol. The number of methoxy groups -OCH3 is 1. The van der Waals surface area contributed by atoms with Gasteiger partial charge in [-0.2, -0.15) is 5.26 Å². The fourth-order valence-corrected chi connectivity index (χ4v) is 3.59. The number of benzene rings is 2. The van der Waals surface area contributed by atoms with E-state index in [-0.39, 0.29) is 5.57 Å². The van der Waals surface area contributed by atoms with Gasteiger partial charge in [0.15, 0.2) is 16.6 Å². The van der Waals surface area contributed by atoms with Gasteiger partial charge in [-0.05, 0) is 36.8 Å². The predicted molar refractivity (Wildman–Crippen MR) is 119 cm³/mol. The van der Waals surface area contributed by atoms with E-state index >= 15 is 0 Å². The maximum absolute atomic E-state index is 12.6. The van der Waals surface area contributed by atoms with Crippen LogP contribution in [0.25, 0.3) is 17.3 Å². The summed E-state index contributed by atoms with van der Waals surface area (Å²) in [5.74, 6) is 0.563. The third-order valence-electron chi connectivity index (χ3n) is 4.04. The van der Waals surface area contributed by atoms with Crippen LogP contribution in [-0.2, 0) is 4.79 Å². The lowest BCUT2D eigenvalue weighted by Crippen LogP contribution is -2.13. The zero-order valence-electron chi connectivity index (χ0n) is 16.3. The quantitative estimate of drug-likeness (QED) is 0.392. The Kier molecular flexibility index (Phi) is 7.07. The summed E-state index contributed by atoms with van der Waals surface area (Å²) in [6.45, 7) is 2.38. The Balaban J connectivity index is 1.79. The average Bonchev–Trinajstić information content (AvgIpc) is 3.21. The number of nitrogens with zero attached hydrogens (tertiary/aromatic N) is 2. The van der Waals surface area contributed by atoms with Gasteiger partial charge in [-0.15, -0.1) is 11.3 Å². The molecule has 0 fully saturated rings. The SMILES string of the molecule is CCOc1ccc(/C=C(\C#N)C(=O)Nc2nc(-c3ccccc3Cl)cs2)cc1OC. The van der Waals surface area contributed by atoms with Crippen LogP contribution in [0.2, 0.25) is 5.02 Å². The van der Waals surface area contributed by atoms with Gasteiger partial charge in [0.05, 0.1) is 19.4 Å². The van der Waals surface area contributed by atoms with Crippen molar-refractivity contribution in [1.82, 2.24) is 4.98 Å². The molecule has 3 rings (SSSR count). The van der Waals surface area contributed by atoms with Crippen LogP contribution in [-0.4, -0.2) is 24.6 Å². The van der Waals surface area contributed by atoms with E-state index in [2.05, 4.69) is 10.3 Å². The maximum atomic E-state index is 12.6. The minimum absolute atomic E-state index is 0.0595. The van der Waals surface area contributed by atoms with Gasteiger partial charge in [-0.25, -0.2) is 4.98 Å². The maximum Gasteiger partial charge on any atom is 0.268 e. The number of amides is 1. The fourth-order valence-electron chi connectivity index (χ4n) is 2.65. The van der Waals surface area contributed by atoms with Crippen molar-refractivity contribution in [3.8, 4) is 28.8 Å². The molecular formula is C22H18ClN3O3S. The van der Waals surface area contributed by atoms with Gasteiger partial charge in [0.2, 0.25) is 0 Å². The molecule has 1 N–H and O–H groups in total. The molecule has 2 aromatic carbocycles. The Morgan fingerprint density at radius 1 is 1.30 bits per heavy atom. The Hall–Kier alpha value is -3.34. The first-order chi connectivity index (χ1) is 14.5. The summed E-state index contributed by atoms with van der Waals surface area (Å²) in [5.41, 5.74) is 2.00. The summed E-state index contributed by atoms with van der Waals surface area (Å²) in [4.78, 5) is 17.0. The van der Waals surface area contributed by atoms with Gasteiger partial charge >= 0.3 is 0 Å². The lowest BCUT2D eigenvalue weighted by Gasteiger charge is -2.09. The van der Waals surface area contributed by atoms with Crippen molar-refractivity contribution in [2.45, 2.75) is 6.92 Å². The Morgan fingerprint density at radius 3 is 2.80 bits per heavy atom. The first-order valence-corrected chi connectivity index (χ1v) is 10.3. The predicted octanol–water partition coefficient (Wildman–Crippen LogP) is 5.42. The third kappa shape index (κ3) is 4.98. The van der Waals surface area contributed by atoms with Gasteiger partial charge in [-0.1, -0.05) is 35.9 Å². The van der Waals surface area contributed by atoms with Crippen LogP contribution >= 0.6 is 22.9 Å². The Morgan fingerprint density at radius 2 is 2.10 bits per heavy atom. The zero-order chi connectivity index (χ0) is 21.5. The van der Waals surface area contributed by atoms with Crippen molar-refractivity contribution in [2.75, 3.05) is 19.0 Å². The topological polar surface area (TPSA) is 84.2 Å². The molecule has 0 bridgehead atoms. The van der Waals surface area contributed by atoms with E-state index < -0.39 is 5.91 Å². The number of ether oxygens (including phenoxy) is 2. The summed E-state index contributed by atoms with van der Waals surface area (Å²) in [7, 11) is 1.53. The molecule has 0 spiro atoms. The second kappa shape index (κ2) is 9.92. The number of nitriles is 1. The summed E-state index contributed by atoms with van der Waals surface area (Å²) in [5, 5.41) is 14.9. The van der Waals surface area contributed by atoms with Crippen LogP contribution in [0.3, 0.4) is 0 Å². The molecule has 0 aliphatic heterocycles. The van der Waals surface area contributed by atoms with E-state index in [1.807, 2.05) is 31.2 Å². The van der Waals surface area contributed by atoms with Gasteiger partial charge in [0, 0.05) is 16.0 Å². The van der Waals surface area contributed by atoms with Crippen molar-refractivity contribution in [3.05, 3.63) is 64.0 Å². The molecular weight excluding hydrogens is 422 g/mol. The number of rotatable bonds is 7. The first kappa shape index (κ1) is 21.4. The highest BCUT2D eigenvalue weighted by atomic mass is 35.5. The molecule has 1 aromatic heterocycles. The summed E-state index contributed by atoms with van der Waals surface area (Å²) in [6, 6.07) is 14.4. The van der Waals surface area contributed by atoms with Crippen molar-refractivity contribution < 1.29 is 14.3 Å². The number of carbonyl (C=O) groups excluding carboxylic acids is 1. The minimum atomic E-state index is -0.551. The molecule has 30 heavy (non-hydrogen) atoms. The highest BCUT2D eigenvalue weighted by Gasteiger charge is 2.14. The normalized spacial score (nSPS) is 10.9. The largest absolute Gasteiger partial charge is 0.493 e. The molecule has 0 saturated carbocycles. The number of nitrogens with one attached hydrogen (secondary N) is 1. The van der Waals surface area contributed by atoms with Crippen molar-refractivity contribution in [1.29, 1.82) is 5.26 Å². The standard InChI is InChI=1S/C22H18ClN3O3S/c1-3-29-19-9-8-14(11-20(19)28-2)10-15(12-24)21(27)26-22-25-18(13-30-22)16-6-4-5-7-17(16)23/h4-11,13H,3H2,1-2H3,(H,25,26,27)/b15-10+. The molecule has 1 amide bonds. The van der Waals surface area contributed by atoms with Gasteiger partial charge in [0.25, 0.3) is 5.91 Å². The van der Waals surface area contributed by atoms with Crippen LogP contribution < -0.4 is 14.8 Å². The molecule has 8 heteroatoms. The van der Waals surface area contributed by atoms with E-state index in [0.29, 0.717) is 39.5 Å². The second-order valence-corrected chi connectivity index (χ2v) is 7.25. The van der Waals surface area contributed by atoms with E-state index in [4.69, 9.17) is 21.1 Å². The van der Waals surface area contributed by atoms with Crippen LogP contribution in [0.5, 0.6) is 11.5 Å². The highest BCUT2D eigenvalue weighted by Crippen LogP contribution is 2.31. The van der Waals surface area contributed by atoms with E-state index in [1.54, 1.807) is 29.6 Å². The van der Waals surface area contributed by atoms with Crippen molar-refractivity contribution >= 4 is 40.1 Å². The van der Waals surface area contributed by atoms with Gasteiger partial charge < -0.3 is 9.47 Å². The summed E-state index contributed by atoms with van der Waals surface area (Å²) in [6.07, 6.45) is 1.48. The average molecular weight is 440 g/mol. The molecule has 0 aliphatic rings. The third-order valence-corrected chi connectivity index (χ3v) is 5.13. The molecule has 0 atom stereocenters.